The van der Waals surface area contributed by atoms with E-state index in [1.54, 1.807) is 24.3 Å². The summed E-state index contributed by atoms with van der Waals surface area (Å²) in [5.74, 6) is -1.93. The van der Waals surface area contributed by atoms with Gasteiger partial charge in [0.15, 0.2) is 0 Å². The monoisotopic (exact) mass is 453 g/mol. The summed E-state index contributed by atoms with van der Waals surface area (Å²) in [4.78, 5) is 26.2. The van der Waals surface area contributed by atoms with Crippen LogP contribution in [0.3, 0.4) is 0 Å². The highest BCUT2D eigenvalue weighted by Gasteiger charge is 2.39. The van der Waals surface area contributed by atoms with Crippen LogP contribution in [0.25, 0.3) is 0 Å². The summed E-state index contributed by atoms with van der Waals surface area (Å²) in [6.07, 6.45) is -4.17. The molecule has 1 heterocycles. The summed E-state index contributed by atoms with van der Waals surface area (Å²) in [5, 5.41) is 9.10. The Morgan fingerprint density at radius 1 is 0.970 bits per heavy atom. The predicted octanol–water partition coefficient (Wildman–Crippen LogP) is 5.91. The first-order valence-electron chi connectivity index (χ1n) is 10.5. The second-order valence-corrected chi connectivity index (χ2v) is 8.24. The number of hydrogen-bond donors (Lipinski definition) is 1. The topological polar surface area (TPSA) is 57.6 Å². The Bertz CT molecular complexity index is 1190. The van der Waals surface area contributed by atoms with Crippen molar-refractivity contribution in [2.75, 3.05) is 4.90 Å². The lowest BCUT2D eigenvalue weighted by molar-refractivity contribution is -0.138. The van der Waals surface area contributed by atoms with Crippen molar-refractivity contribution in [1.29, 1.82) is 0 Å². The highest BCUT2D eigenvalue weighted by molar-refractivity contribution is 5.99. The average Bonchev–Trinajstić information content (AvgIpc) is 2.79. The second-order valence-electron chi connectivity index (χ2n) is 8.24. The van der Waals surface area contributed by atoms with E-state index in [0.29, 0.717) is 12.1 Å². The van der Waals surface area contributed by atoms with E-state index in [0.717, 1.165) is 17.2 Å². The maximum absolute atomic E-state index is 13.6. The van der Waals surface area contributed by atoms with Crippen molar-refractivity contribution in [2.24, 2.45) is 5.92 Å². The van der Waals surface area contributed by atoms with Crippen LogP contribution in [-0.4, -0.2) is 17.0 Å². The number of alkyl halides is 3. The van der Waals surface area contributed by atoms with Gasteiger partial charge in [-0.25, -0.2) is 4.79 Å². The van der Waals surface area contributed by atoms with Crippen molar-refractivity contribution in [2.45, 2.75) is 32.0 Å². The standard InChI is InChI=1S/C26H22F3NO3/c1-16-20-7-3-5-9-23(20)30(15-19-6-2-4-8-22(19)26(27,28)29)24(31)21(16)14-17-10-12-18(13-11-17)25(32)33/h2-13,16,21H,14-15H2,1H3,(H,32,33)/t16-,21+/m0/s1. The number of carboxylic acids is 1. The third kappa shape index (κ3) is 4.49. The molecule has 4 rings (SSSR count). The number of fused-ring (bicyclic) bond motifs is 1. The number of anilines is 1. The number of aromatic carboxylic acids is 1. The molecule has 2 atom stereocenters. The van der Waals surface area contributed by atoms with Gasteiger partial charge in [0.1, 0.15) is 0 Å². The summed E-state index contributed by atoms with van der Waals surface area (Å²) in [6, 6.07) is 18.9. The number of hydrogen-bond acceptors (Lipinski definition) is 2. The fraction of sp³-hybridized carbons (Fsp3) is 0.231. The van der Waals surface area contributed by atoms with Crippen molar-refractivity contribution in [1.82, 2.24) is 0 Å². The predicted molar refractivity (Wildman–Crippen MR) is 118 cm³/mol. The lowest BCUT2D eigenvalue weighted by Crippen LogP contribution is -2.43. The highest BCUT2D eigenvalue weighted by atomic mass is 19.4. The number of nitrogens with zero attached hydrogens (tertiary/aromatic N) is 1. The van der Waals surface area contributed by atoms with Crippen LogP contribution in [0, 0.1) is 5.92 Å². The molecule has 4 nitrogen and oxygen atoms in total. The summed E-state index contributed by atoms with van der Waals surface area (Å²) in [6.45, 7) is 1.75. The SMILES string of the molecule is C[C@H]1c2ccccc2N(Cc2ccccc2C(F)(F)F)C(=O)[C@@H]1Cc1ccc(C(=O)O)cc1. The van der Waals surface area contributed by atoms with Gasteiger partial charge in [0, 0.05) is 11.6 Å². The summed E-state index contributed by atoms with van der Waals surface area (Å²) in [7, 11) is 0. The summed E-state index contributed by atoms with van der Waals surface area (Å²) < 4.78 is 40.7. The first-order chi connectivity index (χ1) is 15.7. The van der Waals surface area contributed by atoms with E-state index < -0.39 is 23.6 Å². The van der Waals surface area contributed by atoms with E-state index >= 15 is 0 Å². The lowest BCUT2D eigenvalue weighted by Gasteiger charge is -2.38. The number of carboxylic acid groups (broad SMARTS) is 1. The molecular weight excluding hydrogens is 431 g/mol. The van der Waals surface area contributed by atoms with Crippen LogP contribution in [-0.2, 0) is 23.9 Å². The Morgan fingerprint density at radius 2 is 1.61 bits per heavy atom. The molecule has 3 aromatic carbocycles. The Labute approximate surface area is 189 Å². The van der Waals surface area contributed by atoms with Gasteiger partial charge in [-0.1, -0.05) is 55.5 Å². The molecule has 7 heteroatoms. The van der Waals surface area contributed by atoms with E-state index in [9.17, 15) is 22.8 Å². The lowest BCUT2D eigenvalue weighted by atomic mass is 9.78. The van der Waals surface area contributed by atoms with Crippen molar-refractivity contribution in [3.8, 4) is 0 Å². The molecule has 1 aliphatic heterocycles. The van der Waals surface area contributed by atoms with Crippen LogP contribution in [0.2, 0.25) is 0 Å². The van der Waals surface area contributed by atoms with Crippen LogP contribution in [0.15, 0.2) is 72.8 Å². The molecule has 1 amide bonds. The zero-order valence-corrected chi connectivity index (χ0v) is 17.8. The molecule has 0 saturated carbocycles. The number of rotatable bonds is 5. The number of carbonyl (C=O) groups is 2. The van der Waals surface area contributed by atoms with Gasteiger partial charge < -0.3 is 10.0 Å². The fourth-order valence-corrected chi connectivity index (χ4v) is 4.44. The normalized spacial score (nSPS) is 18.2. The van der Waals surface area contributed by atoms with Gasteiger partial charge >= 0.3 is 12.1 Å². The molecule has 1 aliphatic rings. The summed E-state index contributed by atoms with van der Waals surface area (Å²) in [5.41, 5.74) is 1.73. The van der Waals surface area contributed by atoms with E-state index in [-0.39, 0.29) is 29.5 Å². The molecular formula is C26H22F3NO3. The molecule has 0 radical (unpaired) electrons. The maximum Gasteiger partial charge on any atom is 0.416 e. The Morgan fingerprint density at radius 3 is 2.27 bits per heavy atom. The Balaban J connectivity index is 1.70. The third-order valence-electron chi connectivity index (χ3n) is 6.21. The molecule has 0 fully saturated rings. The van der Waals surface area contributed by atoms with Crippen molar-refractivity contribution >= 4 is 17.6 Å². The molecule has 0 saturated heterocycles. The average molecular weight is 453 g/mol. The Hall–Kier alpha value is -3.61. The van der Waals surface area contributed by atoms with Crippen LogP contribution in [0.4, 0.5) is 18.9 Å². The van der Waals surface area contributed by atoms with Crippen LogP contribution >= 0.6 is 0 Å². The van der Waals surface area contributed by atoms with Crippen molar-refractivity contribution in [3.05, 3.63) is 101 Å². The van der Waals surface area contributed by atoms with Crippen LogP contribution in [0.5, 0.6) is 0 Å². The van der Waals surface area contributed by atoms with E-state index in [1.165, 1.54) is 35.2 Å². The molecule has 0 bridgehead atoms. The largest absolute Gasteiger partial charge is 0.478 e. The van der Waals surface area contributed by atoms with Gasteiger partial charge in [0.05, 0.1) is 17.7 Å². The quantitative estimate of drug-likeness (QED) is 0.522. The molecule has 0 unspecified atom stereocenters. The first-order valence-corrected chi connectivity index (χ1v) is 10.5. The number of benzene rings is 3. The van der Waals surface area contributed by atoms with Gasteiger partial charge in [-0.2, -0.15) is 13.2 Å². The van der Waals surface area contributed by atoms with Crippen LogP contribution in [0.1, 0.15) is 45.5 Å². The van der Waals surface area contributed by atoms with Gasteiger partial charge in [0.2, 0.25) is 5.91 Å². The number of carbonyl (C=O) groups excluding carboxylic acids is 1. The molecule has 0 aliphatic carbocycles. The van der Waals surface area contributed by atoms with Gasteiger partial charge in [-0.05, 0) is 53.3 Å². The zero-order valence-electron chi connectivity index (χ0n) is 17.8. The molecule has 1 N–H and O–H groups in total. The number of halogens is 3. The second kappa shape index (κ2) is 8.73. The third-order valence-corrected chi connectivity index (χ3v) is 6.21. The minimum absolute atomic E-state index is 0.0345. The maximum atomic E-state index is 13.6. The minimum Gasteiger partial charge on any atom is -0.478 e. The summed E-state index contributed by atoms with van der Waals surface area (Å²) >= 11 is 0. The molecule has 0 aromatic heterocycles. The first kappa shape index (κ1) is 22.6. The molecule has 3 aromatic rings. The number of amides is 1. The van der Waals surface area contributed by atoms with Gasteiger partial charge in [-0.3, -0.25) is 4.79 Å². The van der Waals surface area contributed by atoms with E-state index in [4.69, 9.17) is 5.11 Å². The zero-order chi connectivity index (χ0) is 23.8. The van der Waals surface area contributed by atoms with Gasteiger partial charge in [-0.15, -0.1) is 0 Å². The Kier molecular flexibility index (Phi) is 5.97. The number of para-hydroxylation sites is 1. The van der Waals surface area contributed by atoms with Crippen LogP contribution < -0.4 is 4.90 Å². The smallest absolute Gasteiger partial charge is 0.416 e. The fourth-order valence-electron chi connectivity index (χ4n) is 4.44. The highest BCUT2D eigenvalue weighted by Crippen LogP contribution is 2.42. The van der Waals surface area contributed by atoms with E-state index in [1.807, 2.05) is 19.1 Å². The van der Waals surface area contributed by atoms with Crippen molar-refractivity contribution in [3.63, 3.8) is 0 Å². The van der Waals surface area contributed by atoms with Crippen molar-refractivity contribution < 1.29 is 27.9 Å². The molecule has 170 valence electrons. The minimum atomic E-state index is -4.52. The molecule has 33 heavy (non-hydrogen) atoms. The van der Waals surface area contributed by atoms with E-state index in [2.05, 4.69) is 0 Å². The van der Waals surface area contributed by atoms with Gasteiger partial charge in [0.25, 0.3) is 0 Å². The molecule has 0 spiro atoms.